The average Bonchev–Trinajstić information content (AvgIpc) is 2.54. The molecule has 0 aliphatic carbocycles. The fourth-order valence-corrected chi connectivity index (χ4v) is 2.92. The van der Waals surface area contributed by atoms with Crippen LogP contribution in [0, 0.1) is 0 Å². The van der Waals surface area contributed by atoms with E-state index in [1.165, 1.54) is 0 Å². The third-order valence-electron chi connectivity index (χ3n) is 3.95. The van der Waals surface area contributed by atoms with E-state index < -0.39 is 11.9 Å². The number of amides is 2. The van der Waals surface area contributed by atoms with E-state index >= 15 is 0 Å². The van der Waals surface area contributed by atoms with Gasteiger partial charge in [-0.1, -0.05) is 30.3 Å². The molecule has 0 saturated carbocycles. The van der Waals surface area contributed by atoms with Gasteiger partial charge in [0.05, 0.1) is 6.42 Å². The average molecular weight is 295 g/mol. The number of rotatable bonds is 3. The lowest BCUT2D eigenvalue weighted by Crippen LogP contribution is -2.46. The first kappa shape index (κ1) is 14.3. The molecule has 1 atom stereocenters. The summed E-state index contributed by atoms with van der Waals surface area (Å²) in [7, 11) is 0. The standard InChI is InChI=1S/C17H17N3O2/c18-17(22)16-14-6-2-1-5-13(14)7-9-20(16)15(21)10-12-4-3-8-19-11-12/h1-6,8,11,16H,7,9-10H2,(H2,18,22)/t16-/m1/s1. The number of nitrogens with zero attached hydrogens (tertiary/aromatic N) is 2. The Balaban J connectivity index is 1.87. The fraction of sp³-hybridized carbons (Fsp3) is 0.235. The Hall–Kier alpha value is -2.69. The van der Waals surface area contributed by atoms with Gasteiger partial charge >= 0.3 is 0 Å². The highest BCUT2D eigenvalue weighted by Crippen LogP contribution is 2.29. The zero-order chi connectivity index (χ0) is 15.5. The molecule has 22 heavy (non-hydrogen) atoms. The molecule has 1 aliphatic heterocycles. The van der Waals surface area contributed by atoms with Crippen LogP contribution in [0.4, 0.5) is 0 Å². The molecular formula is C17H17N3O2. The minimum absolute atomic E-state index is 0.105. The van der Waals surface area contributed by atoms with Gasteiger partial charge in [0.15, 0.2) is 0 Å². The molecule has 2 aromatic rings. The van der Waals surface area contributed by atoms with E-state index in [0.29, 0.717) is 6.54 Å². The maximum Gasteiger partial charge on any atom is 0.244 e. The lowest BCUT2D eigenvalue weighted by atomic mass is 9.91. The molecule has 5 nitrogen and oxygen atoms in total. The normalized spacial score (nSPS) is 16.9. The summed E-state index contributed by atoms with van der Waals surface area (Å²) >= 11 is 0. The zero-order valence-corrected chi connectivity index (χ0v) is 12.1. The number of benzene rings is 1. The molecule has 0 saturated heterocycles. The first-order valence-corrected chi connectivity index (χ1v) is 7.22. The monoisotopic (exact) mass is 295 g/mol. The number of hydrogen-bond acceptors (Lipinski definition) is 3. The van der Waals surface area contributed by atoms with Crippen molar-refractivity contribution in [3.63, 3.8) is 0 Å². The van der Waals surface area contributed by atoms with Crippen LogP contribution in [0.5, 0.6) is 0 Å². The molecule has 2 amide bonds. The van der Waals surface area contributed by atoms with E-state index in [1.54, 1.807) is 23.4 Å². The van der Waals surface area contributed by atoms with Gasteiger partial charge in [-0.2, -0.15) is 0 Å². The molecule has 112 valence electrons. The topological polar surface area (TPSA) is 76.3 Å². The second-order valence-corrected chi connectivity index (χ2v) is 5.38. The van der Waals surface area contributed by atoms with E-state index in [9.17, 15) is 9.59 Å². The summed E-state index contributed by atoms with van der Waals surface area (Å²) in [6, 6.07) is 10.6. The minimum Gasteiger partial charge on any atom is -0.368 e. The van der Waals surface area contributed by atoms with Crippen molar-refractivity contribution in [2.45, 2.75) is 18.9 Å². The van der Waals surface area contributed by atoms with Crippen molar-refractivity contribution in [2.24, 2.45) is 5.73 Å². The number of pyridine rings is 1. The first-order chi connectivity index (χ1) is 10.7. The number of fused-ring (bicyclic) bond motifs is 1. The number of carbonyl (C=O) groups is 2. The van der Waals surface area contributed by atoms with Gasteiger partial charge in [0.2, 0.25) is 11.8 Å². The van der Waals surface area contributed by atoms with Crippen molar-refractivity contribution >= 4 is 11.8 Å². The summed E-state index contributed by atoms with van der Waals surface area (Å²) in [6.45, 7) is 0.504. The Morgan fingerprint density at radius 1 is 1.23 bits per heavy atom. The number of hydrogen-bond donors (Lipinski definition) is 1. The number of primary amides is 1. The molecule has 0 spiro atoms. The van der Waals surface area contributed by atoms with Gasteiger partial charge in [0.1, 0.15) is 6.04 Å². The highest BCUT2D eigenvalue weighted by molar-refractivity contribution is 5.89. The molecule has 5 heteroatoms. The van der Waals surface area contributed by atoms with Gasteiger partial charge in [-0.15, -0.1) is 0 Å². The van der Waals surface area contributed by atoms with Crippen molar-refractivity contribution in [3.8, 4) is 0 Å². The van der Waals surface area contributed by atoms with Crippen LogP contribution in [0.2, 0.25) is 0 Å². The second-order valence-electron chi connectivity index (χ2n) is 5.38. The van der Waals surface area contributed by atoms with Crippen LogP contribution in [0.3, 0.4) is 0 Å². The maximum atomic E-state index is 12.6. The molecule has 0 radical (unpaired) electrons. The van der Waals surface area contributed by atoms with Crippen LogP contribution in [-0.4, -0.2) is 28.2 Å². The van der Waals surface area contributed by atoms with Gasteiger partial charge < -0.3 is 10.6 Å². The number of nitrogens with two attached hydrogens (primary N) is 1. The van der Waals surface area contributed by atoms with Crippen LogP contribution in [-0.2, 0) is 22.4 Å². The van der Waals surface area contributed by atoms with Crippen LogP contribution in [0.1, 0.15) is 22.7 Å². The molecule has 3 rings (SSSR count). The van der Waals surface area contributed by atoms with Crippen molar-refractivity contribution < 1.29 is 9.59 Å². The number of carbonyl (C=O) groups excluding carboxylic acids is 2. The van der Waals surface area contributed by atoms with Crippen LogP contribution >= 0.6 is 0 Å². The largest absolute Gasteiger partial charge is 0.368 e. The minimum atomic E-state index is -0.686. The Bertz CT molecular complexity index is 700. The third kappa shape index (κ3) is 2.70. The van der Waals surface area contributed by atoms with E-state index in [2.05, 4.69) is 4.98 Å². The summed E-state index contributed by atoms with van der Waals surface area (Å²) in [4.78, 5) is 30.1. The van der Waals surface area contributed by atoms with Gasteiger partial charge in [0.25, 0.3) is 0 Å². The third-order valence-corrected chi connectivity index (χ3v) is 3.95. The van der Waals surface area contributed by atoms with Gasteiger partial charge in [0, 0.05) is 18.9 Å². The molecule has 1 aromatic heterocycles. The molecule has 0 unspecified atom stereocenters. The Morgan fingerprint density at radius 3 is 2.77 bits per heavy atom. The van der Waals surface area contributed by atoms with Crippen molar-refractivity contribution in [3.05, 3.63) is 65.5 Å². The molecule has 0 bridgehead atoms. The van der Waals surface area contributed by atoms with E-state index in [-0.39, 0.29) is 12.3 Å². The van der Waals surface area contributed by atoms with Crippen LogP contribution in [0.15, 0.2) is 48.8 Å². The summed E-state index contributed by atoms with van der Waals surface area (Å²) in [5, 5.41) is 0. The SMILES string of the molecule is NC(=O)[C@H]1c2ccccc2CCN1C(=O)Cc1cccnc1. The Labute approximate surface area is 128 Å². The van der Waals surface area contributed by atoms with E-state index in [1.807, 2.05) is 30.3 Å². The van der Waals surface area contributed by atoms with E-state index in [4.69, 9.17) is 5.73 Å². The second kappa shape index (κ2) is 5.97. The first-order valence-electron chi connectivity index (χ1n) is 7.22. The van der Waals surface area contributed by atoms with Gasteiger partial charge in [-0.3, -0.25) is 14.6 Å². The van der Waals surface area contributed by atoms with Crippen molar-refractivity contribution in [2.75, 3.05) is 6.54 Å². The molecule has 2 heterocycles. The van der Waals surface area contributed by atoms with E-state index in [0.717, 1.165) is 23.1 Å². The van der Waals surface area contributed by atoms with Crippen molar-refractivity contribution in [1.29, 1.82) is 0 Å². The maximum absolute atomic E-state index is 12.6. The molecule has 2 N–H and O–H groups in total. The quantitative estimate of drug-likeness (QED) is 0.925. The predicted molar refractivity (Wildman–Crippen MR) is 81.7 cm³/mol. The highest BCUT2D eigenvalue weighted by atomic mass is 16.2. The van der Waals surface area contributed by atoms with Crippen molar-refractivity contribution in [1.82, 2.24) is 9.88 Å². The predicted octanol–water partition coefficient (Wildman–Crippen LogP) is 1.24. The summed E-state index contributed by atoms with van der Waals surface area (Å²) in [5.74, 6) is -0.599. The summed E-state index contributed by atoms with van der Waals surface area (Å²) in [5.41, 5.74) is 8.30. The molecule has 1 aliphatic rings. The van der Waals surface area contributed by atoms with Crippen LogP contribution < -0.4 is 5.73 Å². The van der Waals surface area contributed by atoms with Gasteiger partial charge in [-0.05, 0) is 29.2 Å². The lowest BCUT2D eigenvalue weighted by molar-refractivity contribution is -0.139. The molecular weight excluding hydrogens is 278 g/mol. The fourth-order valence-electron chi connectivity index (χ4n) is 2.92. The zero-order valence-electron chi connectivity index (χ0n) is 12.1. The van der Waals surface area contributed by atoms with Gasteiger partial charge in [-0.25, -0.2) is 0 Å². The lowest BCUT2D eigenvalue weighted by Gasteiger charge is -2.35. The molecule has 0 fully saturated rings. The summed E-state index contributed by atoms with van der Waals surface area (Å²) < 4.78 is 0. The highest BCUT2D eigenvalue weighted by Gasteiger charge is 2.34. The molecule has 1 aromatic carbocycles. The smallest absolute Gasteiger partial charge is 0.244 e. The number of aromatic nitrogens is 1. The summed E-state index contributed by atoms with van der Waals surface area (Å²) in [6.07, 6.45) is 4.28. The Kier molecular flexibility index (Phi) is 3.87. The Morgan fingerprint density at radius 2 is 2.05 bits per heavy atom. The van der Waals surface area contributed by atoms with Crippen LogP contribution in [0.25, 0.3) is 0 Å².